The highest BCUT2D eigenvalue weighted by molar-refractivity contribution is 7.89. The number of nitrogens with zero attached hydrogens (tertiary/aromatic N) is 1. The second-order valence-corrected chi connectivity index (χ2v) is 15.2. The summed E-state index contributed by atoms with van der Waals surface area (Å²) in [7, 11) is -3.95. The largest absolute Gasteiger partial charge is 0.395 e. The second kappa shape index (κ2) is 17.1. The van der Waals surface area contributed by atoms with Crippen molar-refractivity contribution < 1.29 is 32.9 Å². The van der Waals surface area contributed by atoms with Crippen LogP contribution in [0.15, 0.2) is 108 Å². The van der Waals surface area contributed by atoms with Crippen LogP contribution >= 0.6 is 0 Å². The molecule has 0 aromatic heterocycles. The molecule has 1 amide bonds. The van der Waals surface area contributed by atoms with Gasteiger partial charge in [-0.15, -0.1) is 0 Å². The molecular weight excluding hydrogens is 667 g/mol. The lowest BCUT2D eigenvalue weighted by Gasteiger charge is -2.38. The average molecular weight is 714 g/mol. The predicted molar refractivity (Wildman–Crippen MR) is 194 cm³/mol. The SMILES string of the molecule is Cc1ccc(S(=O)(=O)N[C@H](Cc2ccccc2)C(=O)NCc2ccc([C@H]3O[C@@H](CN4CCC[C@H]4CO)C[C@@H](c4ccc(CO)cc4)O3)cc2)cc1. The molecule has 2 heterocycles. The maximum Gasteiger partial charge on any atom is 0.241 e. The zero-order valence-electron chi connectivity index (χ0n) is 28.9. The van der Waals surface area contributed by atoms with Crippen molar-refractivity contribution in [1.29, 1.82) is 0 Å². The number of sulfonamides is 1. The fraction of sp³-hybridized carbons (Fsp3) is 0.375. The quantitative estimate of drug-likeness (QED) is 0.148. The van der Waals surface area contributed by atoms with Gasteiger partial charge in [0.05, 0.1) is 30.3 Å². The van der Waals surface area contributed by atoms with Crippen molar-refractivity contribution in [3.63, 3.8) is 0 Å². The Kier molecular flexibility index (Phi) is 12.3. The number of rotatable bonds is 14. The van der Waals surface area contributed by atoms with Crippen LogP contribution in [0.4, 0.5) is 0 Å². The Labute approximate surface area is 300 Å². The fourth-order valence-corrected chi connectivity index (χ4v) is 7.95. The summed E-state index contributed by atoms with van der Waals surface area (Å²) in [6.45, 7) is 3.80. The van der Waals surface area contributed by atoms with Gasteiger partial charge in [0.25, 0.3) is 0 Å². The summed E-state index contributed by atoms with van der Waals surface area (Å²) >= 11 is 0. The van der Waals surface area contributed by atoms with Crippen LogP contribution in [0.5, 0.6) is 0 Å². The van der Waals surface area contributed by atoms with Gasteiger partial charge in [-0.25, -0.2) is 8.42 Å². The van der Waals surface area contributed by atoms with Gasteiger partial charge in [0.15, 0.2) is 6.29 Å². The van der Waals surface area contributed by atoms with Crippen molar-refractivity contribution in [2.45, 2.75) is 81.2 Å². The minimum Gasteiger partial charge on any atom is -0.395 e. The minimum atomic E-state index is -3.95. The van der Waals surface area contributed by atoms with Gasteiger partial charge < -0.3 is 25.0 Å². The lowest BCUT2D eigenvalue weighted by Crippen LogP contribution is -2.47. The van der Waals surface area contributed by atoms with E-state index in [4.69, 9.17) is 9.47 Å². The maximum absolute atomic E-state index is 13.5. The Bertz CT molecular complexity index is 1820. The van der Waals surface area contributed by atoms with Crippen molar-refractivity contribution in [2.24, 2.45) is 0 Å². The standard InChI is InChI=1S/C40H47N3O7S/c1-28-9-19-36(20-10-28)51(47,48)42-37(22-29-6-3-2-4-7-29)39(46)41-24-30-11-17-33(18-12-30)40-49-35(25-43-21-5-8-34(43)27-45)23-38(50-40)32-15-13-31(26-44)14-16-32/h2-4,6-7,9-20,34-35,37-38,40,42,44-45H,5,8,21-27H2,1H3,(H,41,46)/t34-,35+,37+,38-,40-/m0/s1. The van der Waals surface area contributed by atoms with Crippen LogP contribution in [0.25, 0.3) is 0 Å². The summed E-state index contributed by atoms with van der Waals surface area (Å²) in [6, 6.07) is 30.4. The highest BCUT2D eigenvalue weighted by Gasteiger charge is 2.35. The molecule has 2 saturated heterocycles. The van der Waals surface area contributed by atoms with E-state index in [0.29, 0.717) is 13.0 Å². The first-order valence-electron chi connectivity index (χ1n) is 17.6. The number of amides is 1. The number of hydrogen-bond acceptors (Lipinski definition) is 8. The predicted octanol–water partition coefficient (Wildman–Crippen LogP) is 4.70. The number of aliphatic hydroxyl groups is 2. The molecule has 0 aliphatic carbocycles. The van der Waals surface area contributed by atoms with E-state index in [-0.39, 0.29) is 49.3 Å². The molecule has 2 fully saturated rings. The van der Waals surface area contributed by atoms with E-state index < -0.39 is 28.3 Å². The number of hydrogen-bond donors (Lipinski definition) is 4. The number of likely N-dealkylation sites (tertiary alicyclic amines) is 1. The molecule has 0 spiro atoms. The van der Waals surface area contributed by atoms with Gasteiger partial charge >= 0.3 is 0 Å². The first-order valence-corrected chi connectivity index (χ1v) is 19.0. The summed E-state index contributed by atoms with van der Waals surface area (Å²) in [5.41, 5.74) is 5.27. The highest BCUT2D eigenvalue weighted by Crippen LogP contribution is 2.38. The van der Waals surface area contributed by atoms with Crippen LogP contribution in [0.2, 0.25) is 0 Å². The Hall–Kier alpha value is -3.94. The number of benzene rings is 4. The normalized spacial score (nSPS) is 21.7. The molecule has 5 atom stereocenters. The molecule has 10 nitrogen and oxygen atoms in total. The van der Waals surface area contributed by atoms with Gasteiger partial charge in [0.1, 0.15) is 6.04 Å². The summed E-state index contributed by atoms with van der Waals surface area (Å²) in [6.07, 6.45) is 1.90. The molecule has 0 bridgehead atoms. The van der Waals surface area contributed by atoms with Crippen molar-refractivity contribution in [3.8, 4) is 0 Å². The van der Waals surface area contributed by atoms with Gasteiger partial charge in [0.2, 0.25) is 15.9 Å². The Morgan fingerprint density at radius 2 is 1.55 bits per heavy atom. The van der Waals surface area contributed by atoms with Crippen molar-refractivity contribution in [1.82, 2.24) is 14.9 Å². The zero-order valence-corrected chi connectivity index (χ0v) is 29.7. The molecule has 6 rings (SSSR count). The number of carbonyl (C=O) groups is 1. The molecule has 2 aliphatic rings. The molecule has 4 aromatic carbocycles. The lowest BCUT2D eigenvalue weighted by molar-refractivity contribution is -0.253. The monoisotopic (exact) mass is 713 g/mol. The summed E-state index contributed by atoms with van der Waals surface area (Å²) < 4.78 is 42.2. The second-order valence-electron chi connectivity index (χ2n) is 13.5. The average Bonchev–Trinajstić information content (AvgIpc) is 3.61. The molecular formula is C40H47N3O7S. The Morgan fingerprint density at radius 3 is 2.24 bits per heavy atom. The summed E-state index contributed by atoms with van der Waals surface area (Å²) in [4.78, 5) is 15.9. The van der Waals surface area contributed by atoms with E-state index in [1.165, 1.54) is 12.1 Å². The fourth-order valence-electron chi connectivity index (χ4n) is 6.75. The smallest absolute Gasteiger partial charge is 0.241 e. The van der Waals surface area contributed by atoms with Crippen molar-refractivity contribution in [2.75, 3.05) is 19.7 Å². The van der Waals surface area contributed by atoms with E-state index in [2.05, 4.69) is 14.9 Å². The van der Waals surface area contributed by atoms with Gasteiger partial charge in [0, 0.05) is 31.1 Å². The van der Waals surface area contributed by atoms with Crippen molar-refractivity contribution >= 4 is 15.9 Å². The molecule has 11 heteroatoms. The van der Waals surface area contributed by atoms with E-state index in [1.54, 1.807) is 12.1 Å². The number of ether oxygens (including phenoxy) is 2. The first-order chi connectivity index (χ1) is 24.7. The summed E-state index contributed by atoms with van der Waals surface area (Å²) in [5.74, 6) is -0.432. The zero-order chi connectivity index (χ0) is 35.8. The Balaban J connectivity index is 1.14. The summed E-state index contributed by atoms with van der Waals surface area (Å²) in [5, 5.41) is 22.3. The molecule has 0 radical (unpaired) electrons. The molecule has 4 N–H and O–H groups in total. The number of carbonyl (C=O) groups excluding carboxylic acids is 1. The van der Waals surface area contributed by atoms with Crippen molar-refractivity contribution in [3.05, 3.63) is 137 Å². The van der Waals surface area contributed by atoms with Crippen LogP contribution in [0, 0.1) is 6.92 Å². The van der Waals surface area contributed by atoms with Gasteiger partial charge in [-0.05, 0) is 67.1 Å². The molecule has 0 unspecified atom stereocenters. The topological polar surface area (TPSA) is 137 Å². The van der Waals surface area contributed by atoms with Crippen LogP contribution < -0.4 is 10.0 Å². The van der Waals surface area contributed by atoms with Crippen LogP contribution in [0.1, 0.15) is 65.0 Å². The number of nitrogens with one attached hydrogen (secondary N) is 2. The first kappa shape index (κ1) is 36.8. The maximum atomic E-state index is 13.5. The van der Waals surface area contributed by atoms with E-state index in [0.717, 1.165) is 52.8 Å². The van der Waals surface area contributed by atoms with Crippen LogP contribution in [-0.4, -0.2) is 67.3 Å². The number of aryl methyl sites for hydroxylation is 1. The molecule has 270 valence electrons. The van der Waals surface area contributed by atoms with Crippen LogP contribution in [0.3, 0.4) is 0 Å². The van der Waals surface area contributed by atoms with Gasteiger partial charge in [-0.2, -0.15) is 4.72 Å². The molecule has 0 saturated carbocycles. The van der Waals surface area contributed by atoms with E-state index in [1.807, 2.05) is 85.8 Å². The lowest BCUT2D eigenvalue weighted by atomic mass is 9.99. The third-order valence-corrected chi connectivity index (χ3v) is 11.2. The molecule has 2 aliphatic heterocycles. The van der Waals surface area contributed by atoms with Crippen LogP contribution in [-0.2, 0) is 43.9 Å². The van der Waals surface area contributed by atoms with Gasteiger partial charge in [-0.1, -0.05) is 96.6 Å². The highest BCUT2D eigenvalue weighted by atomic mass is 32.2. The van der Waals surface area contributed by atoms with Gasteiger partial charge in [-0.3, -0.25) is 9.69 Å². The molecule has 51 heavy (non-hydrogen) atoms. The van der Waals surface area contributed by atoms with E-state index >= 15 is 0 Å². The Morgan fingerprint density at radius 1 is 0.863 bits per heavy atom. The third kappa shape index (κ3) is 9.69. The third-order valence-electron chi connectivity index (χ3n) is 9.71. The number of aliphatic hydroxyl groups excluding tert-OH is 2. The van der Waals surface area contributed by atoms with E-state index in [9.17, 15) is 23.4 Å². The molecule has 4 aromatic rings. The minimum absolute atomic E-state index is 0.0266.